The number of likely N-dealkylation sites (tertiary alicyclic amines) is 1. The fraction of sp³-hybridized carbons (Fsp3) is 0.800. The molecule has 1 aromatic rings. The van der Waals surface area contributed by atoms with Crippen LogP contribution in [0.1, 0.15) is 31.5 Å². The van der Waals surface area contributed by atoms with Gasteiger partial charge in [-0.2, -0.15) is 4.98 Å². The second-order valence-electron chi connectivity index (χ2n) is 7.19. The summed E-state index contributed by atoms with van der Waals surface area (Å²) in [5.41, 5.74) is -0.575. The van der Waals surface area contributed by atoms with Crippen molar-refractivity contribution >= 4 is 15.9 Å². The molecule has 3 aliphatic rings. The molecule has 2 aliphatic heterocycles. The number of hydrogen-bond acceptors (Lipinski definition) is 6. The second-order valence-corrected chi connectivity index (χ2v) is 9.44. The zero-order valence-corrected chi connectivity index (χ0v) is 14.8. The summed E-state index contributed by atoms with van der Waals surface area (Å²) >= 11 is 0. The van der Waals surface area contributed by atoms with Crippen molar-refractivity contribution in [2.24, 2.45) is 11.8 Å². The Morgan fingerprint density at radius 3 is 2.67 bits per heavy atom. The average Bonchev–Trinajstić information content (AvgIpc) is 3.03. The van der Waals surface area contributed by atoms with Crippen LogP contribution in [0.15, 0.2) is 4.52 Å². The standard InChI is InChI=1S/C15H22N4O4S/c1-3-24(21,22)19-7-12-6-18(13(20)11-4-5-11)8-15(12,9-19)14-16-10(2)17-23-14/h11-12H,3-9H2,1-2H3/t12-,15-/m1/s1. The van der Waals surface area contributed by atoms with Gasteiger partial charge in [-0.15, -0.1) is 0 Å². The number of amides is 1. The van der Waals surface area contributed by atoms with E-state index in [1.54, 1.807) is 13.8 Å². The molecule has 0 radical (unpaired) electrons. The van der Waals surface area contributed by atoms with E-state index in [4.69, 9.17) is 4.52 Å². The summed E-state index contributed by atoms with van der Waals surface area (Å²) < 4.78 is 31.6. The van der Waals surface area contributed by atoms with Crippen LogP contribution in [0.2, 0.25) is 0 Å². The Morgan fingerprint density at radius 1 is 1.33 bits per heavy atom. The smallest absolute Gasteiger partial charge is 0.236 e. The molecule has 3 fully saturated rings. The Labute approximate surface area is 141 Å². The number of hydrogen-bond donors (Lipinski definition) is 0. The summed E-state index contributed by atoms with van der Waals surface area (Å²) in [6.45, 7) is 5.14. The first-order chi connectivity index (χ1) is 11.4. The molecular formula is C15H22N4O4S. The number of aromatic nitrogens is 2. The van der Waals surface area contributed by atoms with Crippen molar-refractivity contribution in [3.63, 3.8) is 0 Å². The highest BCUT2D eigenvalue weighted by molar-refractivity contribution is 7.89. The summed E-state index contributed by atoms with van der Waals surface area (Å²) in [6, 6.07) is 0. The van der Waals surface area contributed by atoms with Gasteiger partial charge in [-0.05, 0) is 26.7 Å². The van der Waals surface area contributed by atoms with Crippen molar-refractivity contribution in [2.75, 3.05) is 31.9 Å². The monoisotopic (exact) mass is 354 g/mol. The van der Waals surface area contributed by atoms with E-state index in [1.807, 2.05) is 4.90 Å². The molecular weight excluding hydrogens is 332 g/mol. The minimum Gasteiger partial charge on any atom is -0.341 e. The van der Waals surface area contributed by atoms with Gasteiger partial charge in [-0.1, -0.05) is 5.16 Å². The van der Waals surface area contributed by atoms with Crippen molar-refractivity contribution in [1.29, 1.82) is 0 Å². The van der Waals surface area contributed by atoms with Gasteiger partial charge in [0.15, 0.2) is 5.82 Å². The van der Waals surface area contributed by atoms with Crippen molar-refractivity contribution in [3.8, 4) is 0 Å². The molecule has 1 aromatic heterocycles. The average molecular weight is 354 g/mol. The van der Waals surface area contributed by atoms with Gasteiger partial charge in [0.25, 0.3) is 0 Å². The first kappa shape index (κ1) is 16.0. The lowest BCUT2D eigenvalue weighted by atomic mass is 9.81. The van der Waals surface area contributed by atoms with Crippen molar-refractivity contribution in [3.05, 3.63) is 11.7 Å². The Hall–Kier alpha value is -1.48. The van der Waals surface area contributed by atoms with E-state index in [-0.39, 0.29) is 23.5 Å². The lowest BCUT2D eigenvalue weighted by Crippen LogP contribution is -2.42. The molecule has 0 unspecified atom stereocenters. The number of carbonyl (C=O) groups excluding carboxylic acids is 1. The maximum atomic E-state index is 12.5. The summed E-state index contributed by atoms with van der Waals surface area (Å²) in [6.07, 6.45) is 1.92. The Bertz CT molecular complexity index is 772. The quantitative estimate of drug-likeness (QED) is 0.764. The van der Waals surface area contributed by atoms with Gasteiger partial charge in [-0.25, -0.2) is 12.7 Å². The van der Waals surface area contributed by atoms with Crippen LogP contribution in [-0.4, -0.2) is 65.6 Å². The Balaban J connectivity index is 1.67. The highest BCUT2D eigenvalue weighted by Gasteiger charge is 2.60. The van der Waals surface area contributed by atoms with E-state index < -0.39 is 15.4 Å². The highest BCUT2D eigenvalue weighted by atomic mass is 32.2. The molecule has 3 heterocycles. The third-order valence-corrected chi connectivity index (χ3v) is 7.32. The zero-order valence-electron chi connectivity index (χ0n) is 13.9. The van der Waals surface area contributed by atoms with Crippen LogP contribution in [0.25, 0.3) is 0 Å². The van der Waals surface area contributed by atoms with Crippen LogP contribution in [-0.2, 0) is 20.2 Å². The second kappa shape index (κ2) is 5.26. The number of rotatable bonds is 4. The lowest BCUT2D eigenvalue weighted by molar-refractivity contribution is -0.131. The fourth-order valence-electron chi connectivity index (χ4n) is 3.97. The number of nitrogens with zero attached hydrogens (tertiary/aromatic N) is 4. The minimum atomic E-state index is -3.28. The predicted molar refractivity (Wildman–Crippen MR) is 84.5 cm³/mol. The molecule has 2 saturated heterocycles. The van der Waals surface area contributed by atoms with Crippen LogP contribution < -0.4 is 0 Å². The SMILES string of the molecule is CCS(=O)(=O)N1C[C@H]2CN(C(=O)C3CC3)C[C@@]2(c2nc(C)no2)C1. The van der Waals surface area contributed by atoms with Crippen molar-refractivity contribution in [1.82, 2.24) is 19.3 Å². The number of fused-ring (bicyclic) bond motifs is 1. The van der Waals surface area contributed by atoms with Gasteiger partial charge in [0.1, 0.15) is 0 Å². The molecule has 2 atom stereocenters. The highest BCUT2D eigenvalue weighted by Crippen LogP contribution is 2.46. The van der Waals surface area contributed by atoms with Crippen LogP contribution in [0.5, 0.6) is 0 Å². The molecule has 9 heteroatoms. The van der Waals surface area contributed by atoms with Gasteiger partial charge in [0.05, 0.1) is 11.2 Å². The molecule has 0 N–H and O–H groups in total. The zero-order chi connectivity index (χ0) is 17.1. The Morgan fingerprint density at radius 2 is 2.08 bits per heavy atom. The third kappa shape index (κ3) is 2.36. The Kier molecular flexibility index (Phi) is 3.51. The van der Waals surface area contributed by atoms with Crippen molar-refractivity contribution in [2.45, 2.75) is 32.1 Å². The van der Waals surface area contributed by atoms with Gasteiger partial charge >= 0.3 is 0 Å². The van der Waals surface area contributed by atoms with E-state index >= 15 is 0 Å². The largest absolute Gasteiger partial charge is 0.341 e. The first-order valence-electron chi connectivity index (χ1n) is 8.43. The summed E-state index contributed by atoms with van der Waals surface area (Å²) in [5, 5.41) is 3.88. The molecule has 1 amide bonds. The fourth-order valence-corrected chi connectivity index (χ4v) is 5.17. The van der Waals surface area contributed by atoms with Crippen molar-refractivity contribution < 1.29 is 17.7 Å². The van der Waals surface area contributed by atoms with E-state index in [0.29, 0.717) is 37.9 Å². The molecule has 8 nitrogen and oxygen atoms in total. The number of carbonyl (C=O) groups is 1. The van der Waals surface area contributed by atoms with Crippen LogP contribution in [0, 0.1) is 18.8 Å². The van der Waals surface area contributed by atoms with Crippen LogP contribution >= 0.6 is 0 Å². The minimum absolute atomic E-state index is 0.00127. The summed E-state index contributed by atoms with van der Waals surface area (Å²) in [4.78, 5) is 18.7. The summed E-state index contributed by atoms with van der Waals surface area (Å²) in [7, 11) is -3.28. The molecule has 24 heavy (non-hydrogen) atoms. The van der Waals surface area contributed by atoms with Gasteiger partial charge in [0.2, 0.25) is 21.8 Å². The molecule has 0 aromatic carbocycles. The van der Waals surface area contributed by atoms with Gasteiger partial charge < -0.3 is 9.42 Å². The number of aryl methyl sites for hydroxylation is 1. The molecule has 0 bridgehead atoms. The van der Waals surface area contributed by atoms with Gasteiger partial charge in [0, 0.05) is 38.0 Å². The third-order valence-electron chi connectivity index (χ3n) is 5.53. The molecule has 4 rings (SSSR count). The maximum Gasteiger partial charge on any atom is 0.236 e. The summed E-state index contributed by atoms with van der Waals surface area (Å²) in [5.74, 6) is 1.41. The van der Waals surface area contributed by atoms with Crippen LogP contribution in [0.4, 0.5) is 0 Å². The molecule has 1 aliphatic carbocycles. The van der Waals surface area contributed by atoms with E-state index in [2.05, 4.69) is 10.1 Å². The number of sulfonamides is 1. The van der Waals surface area contributed by atoms with E-state index in [9.17, 15) is 13.2 Å². The first-order valence-corrected chi connectivity index (χ1v) is 10.0. The molecule has 132 valence electrons. The predicted octanol–water partition coefficient (Wildman–Crippen LogP) is 0.150. The van der Waals surface area contributed by atoms with Crippen LogP contribution in [0.3, 0.4) is 0 Å². The van der Waals surface area contributed by atoms with Gasteiger partial charge in [-0.3, -0.25) is 4.79 Å². The maximum absolute atomic E-state index is 12.5. The molecule has 0 spiro atoms. The topological polar surface area (TPSA) is 96.6 Å². The molecule has 1 saturated carbocycles. The normalized spacial score (nSPS) is 30.8. The lowest BCUT2D eigenvalue weighted by Gasteiger charge is -2.25. The van der Waals surface area contributed by atoms with E-state index in [0.717, 1.165) is 12.8 Å². The van der Waals surface area contributed by atoms with E-state index in [1.165, 1.54) is 4.31 Å².